The number of allylic oxidation sites excluding steroid dienone is 3. The molecule has 0 aromatic carbocycles. The number of dihydropyridines is 1. The Hall–Kier alpha value is -2.30. The minimum Gasteiger partial charge on any atom is -0.468 e. The van der Waals surface area contributed by atoms with Crippen LogP contribution in [0, 0.1) is 0 Å². The van der Waals surface area contributed by atoms with Gasteiger partial charge < -0.3 is 14.5 Å². The van der Waals surface area contributed by atoms with Gasteiger partial charge in [-0.3, -0.25) is 4.79 Å². The molecule has 0 fully saturated rings. The maximum atomic E-state index is 12.5. The minimum atomic E-state index is -0.474. The molecule has 1 aliphatic heterocycles. The highest BCUT2D eigenvalue weighted by atomic mass is 16.5. The summed E-state index contributed by atoms with van der Waals surface area (Å²) in [4.78, 5) is 24.9. The van der Waals surface area contributed by atoms with E-state index < -0.39 is 11.9 Å². The van der Waals surface area contributed by atoms with Crippen molar-refractivity contribution in [2.45, 2.75) is 39.0 Å². The molecular formula is C17H19NO4. The smallest absolute Gasteiger partial charge is 0.336 e. The van der Waals surface area contributed by atoms with Crippen molar-refractivity contribution in [2.75, 3.05) is 6.61 Å². The maximum Gasteiger partial charge on any atom is 0.336 e. The lowest BCUT2D eigenvalue weighted by molar-refractivity contribution is -0.138. The van der Waals surface area contributed by atoms with E-state index in [0.717, 1.165) is 24.2 Å². The fraction of sp³-hybridized carbons (Fsp3) is 0.412. The van der Waals surface area contributed by atoms with E-state index in [9.17, 15) is 9.59 Å². The second kappa shape index (κ2) is 5.83. The Labute approximate surface area is 129 Å². The van der Waals surface area contributed by atoms with Gasteiger partial charge >= 0.3 is 5.97 Å². The van der Waals surface area contributed by atoms with Crippen molar-refractivity contribution in [3.63, 3.8) is 0 Å². The van der Waals surface area contributed by atoms with Crippen LogP contribution in [0.25, 0.3) is 0 Å². The monoisotopic (exact) mass is 301 g/mol. The number of ether oxygens (including phenoxy) is 1. The van der Waals surface area contributed by atoms with Crippen LogP contribution < -0.4 is 5.32 Å². The summed E-state index contributed by atoms with van der Waals surface area (Å²) in [5.41, 5.74) is 2.75. The molecule has 116 valence electrons. The molecule has 1 atom stereocenters. The summed E-state index contributed by atoms with van der Waals surface area (Å²) in [5, 5.41) is 3.23. The van der Waals surface area contributed by atoms with Gasteiger partial charge in [0.15, 0.2) is 5.78 Å². The zero-order chi connectivity index (χ0) is 15.7. The van der Waals surface area contributed by atoms with Crippen molar-refractivity contribution in [1.82, 2.24) is 5.32 Å². The molecule has 0 spiro atoms. The normalized spacial score (nSPS) is 21.5. The number of ketones is 1. The molecule has 2 heterocycles. The molecule has 1 N–H and O–H groups in total. The molecule has 2 aliphatic rings. The van der Waals surface area contributed by atoms with Crippen LogP contribution in [0.4, 0.5) is 0 Å². The molecule has 0 bridgehead atoms. The van der Waals surface area contributed by atoms with E-state index in [-0.39, 0.29) is 5.78 Å². The molecule has 0 unspecified atom stereocenters. The van der Waals surface area contributed by atoms with E-state index in [1.807, 2.05) is 6.92 Å². The standard InChI is InChI=1S/C17H19NO4/c1-3-21-17(20)14-10(2)18-11-6-4-7-12(19)15(11)16(14)13-8-5-9-22-13/h5,8-9,16,18H,3-4,6-7H2,1-2H3/t16-/m0/s1. The van der Waals surface area contributed by atoms with E-state index in [1.165, 1.54) is 0 Å². The van der Waals surface area contributed by atoms with E-state index in [4.69, 9.17) is 9.15 Å². The lowest BCUT2D eigenvalue weighted by atomic mass is 9.77. The van der Waals surface area contributed by atoms with Gasteiger partial charge in [-0.25, -0.2) is 4.79 Å². The van der Waals surface area contributed by atoms with Gasteiger partial charge in [0, 0.05) is 23.4 Å². The van der Waals surface area contributed by atoms with Crippen LogP contribution in [0.15, 0.2) is 45.4 Å². The number of Topliss-reactive ketones (excluding diaryl/α,β-unsaturated/α-hetero) is 1. The highest BCUT2D eigenvalue weighted by Gasteiger charge is 2.40. The predicted molar refractivity (Wildman–Crippen MR) is 79.8 cm³/mol. The first-order chi connectivity index (χ1) is 10.6. The van der Waals surface area contributed by atoms with Gasteiger partial charge in [-0.15, -0.1) is 0 Å². The lowest BCUT2D eigenvalue weighted by Gasteiger charge is -2.32. The molecule has 1 aromatic rings. The van der Waals surface area contributed by atoms with E-state index in [2.05, 4.69) is 5.32 Å². The third kappa shape index (κ3) is 2.36. The minimum absolute atomic E-state index is 0.0736. The molecule has 0 saturated carbocycles. The average Bonchev–Trinajstić information content (AvgIpc) is 3.00. The predicted octanol–water partition coefficient (Wildman–Crippen LogP) is 2.81. The first-order valence-electron chi connectivity index (χ1n) is 7.58. The molecule has 0 radical (unpaired) electrons. The molecular weight excluding hydrogens is 282 g/mol. The Morgan fingerprint density at radius 2 is 2.27 bits per heavy atom. The topological polar surface area (TPSA) is 68.5 Å². The Balaban J connectivity index is 2.12. The average molecular weight is 301 g/mol. The summed E-state index contributed by atoms with van der Waals surface area (Å²) < 4.78 is 10.7. The van der Waals surface area contributed by atoms with Crippen LogP contribution in [-0.4, -0.2) is 18.4 Å². The van der Waals surface area contributed by atoms with Gasteiger partial charge in [-0.1, -0.05) is 0 Å². The van der Waals surface area contributed by atoms with Crippen molar-refractivity contribution in [2.24, 2.45) is 0 Å². The Kier molecular flexibility index (Phi) is 3.88. The van der Waals surface area contributed by atoms with Crippen LogP contribution in [0.1, 0.15) is 44.8 Å². The van der Waals surface area contributed by atoms with Crippen LogP contribution >= 0.6 is 0 Å². The van der Waals surface area contributed by atoms with E-state index >= 15 is 0 Å². The summed E-state index contributed by atoms with van der Waals surface area (Å²) in [6.45, 7) is 3.90. The first-order valence-corrected chi connectivity index (χ1v) is 7.58. The summed E-state index contributed by atoms with van der Waals surface area (Å²) in [6, 6.07) is 3.57. The third-order valence-corrected chi connectivity index (χ3v) is 4.10. The number of hydrogen-bond acceptors (Lipinski definition) is 5. The lowest BCUT2D eigenvalue weighted by Crippen LogP contribution is -2.34. The summed E-state index contributed by atoms with van der Waals surface area (Å²) >= 11 is 0. The summed E-state index contributed by atoms with van der Waals surface area (Å²) in [7, 11) is 0. The Bertz CT molecular complexity index is 667. The molecule has 0 amide bonds. The third-order valence-electron chi connectivity index (χ3n) is 4.10. The molecule has 1 aliphatic carbocycles. The van der Waals surface area contributed by atoms with Gasteiger partial charge in [-0.05, 0) is 38.8 Å². The van der Waals surface area contributed by atoms with Gasteiger partial charge in [0.1, 0.15) is 5.76 Å². The molecule has 3 rings (SSSR count). The van der Waals surface area contributed by atoms with Crippen molar-refractivity contribution >= 4 is 11.8 Å². The molecule has 22 heavy (non-hydrogen) atoms. The Morgan fingerprint density at radius 1 is 1.45 bits per heavy atom. The molecule has 5 nitrogen and oxygen atoms in total. The molecule has 1 aromatic heterocycles. The second-order valence-corrected chi connectivity index (χ2v) is 5.50. The van der Waals surface area contributed by atoms with E-state index in [0.29, 0.717) is 29.9 Å². The SMILES string of the molecule is CCOC(=O)C1=C(C)NC2=C(C(=O)CCC2)[C@H]1c1ccco1. The highest BCUT2D eigenvalue weighted by Crippen LogP contribution is 2.42. The number of carbonyl (C=O) groups is 2. The van der Waals surface area contributed by atoms with Crippen molar-refractivity contribution in [1.29, 1.82) is 0 Å². The van der Waals surface area contributed by atoms with Crippen LogP contribution in [-0.2, 0) is 14.3 Å². The van der Waals surface area contributed by atoms with Crippen LogP contribution in [0.5, 0.6) is 0 Å². The van der Waals surface area contributed by atoms with Crippen molar-refractivity contribution < 1.29 is 18.7 Å². The largest absolute Gasteiger partial charge is 0.468 e. The van der Waals surface area contributed by atoms with Gasteiger partial charge in [0.05, 0.1) is 24.4 Å². The highest BCUT2D eigenvalue weighted by molar-refractivity contribution is 6.03. The Morgan fingerprint density at radius 3 is 2.95 bits per heavy atom. The second-order valence-electron chi connectivity index (χ2n) is 5.50. The van der Waals surface area contributed by atoms with Crippen LogP contribution in [0.2, 0.25) is 0 Å². The van der Waals surface area contributed by atoms with Gasteiger partial charge in [0.2, 0.25) is 0 Å². The molecule has 5 heteroatoms. The maximum absolute atomic E-state index is 12.5. The van der Waals surface area contributed by atoms with Crippen molar-refractivity contribution in [3.8, 4) is 0 Å². The van der Waals surface area contributed by atoms with E-state index in [1.54, 1.807) is 25.3 Å². The fourth-order valence-corrected chi connectivity index (χ4v) is 3.20. The zero-order valence-corrected chi connectivity index (χ0v) is 12.8. The number of furan rings is 1. The zero-order valence-electron chi connectivity index (χ0n) is 12.8. The number of carbonyl (C=O) groups excluding carboxylic acids is 2. The van der Waals surface area contributed by atoms with Gasteiger partial charge in [-0.2, -0.15) is 0 Å². The summed E-state index contributed by atoms with van der Waals surface area (Å²) in [5.74, 6) is -0.201. The van der Waals surface area contributed by atoms with Crippen molar-refractivity contribution in [3.05, 3.63) is 46.7 Å². The number of nitrogens with one attached hydrogen (secondary N) is 1. The number of rotatable bonds is 3. The quantitative estimate of drug-likeness (QED) is 0.869. The van der Waals surface area contributed by atoms with Gasteiger partial charge in [0.25, 0.3) is 0 Å². The molecule has 0 saturated heterocycles. The summed E-state index contributed by atoms with van der Waals surface area (Å²) in [6.07, 6.45) is 3.71. The first kappa shape index (κ1) is 14.6. The number of hydrogen-bond donors (Lipinski definition) is 1. The fourth-order valence-electron chi connectivity index (χ4n) is 3.20. The van der Waals surface area contributed by atoms with Crippen LogP contribution in [0.3, 0.4) is 0 Å². The number of esters is 1.